The van der Waals surface area contributed by atoms with Crippen LogP contribution >= 0.6 is 0 Å². The van der Waals surface area contributed by atoms with Crippen LogP contribution < -0.4 is 10.2 Å². The Balaban J connectivity index is 2.25. The summed E-state index contributed by atoms with van der Waals surface area (Å²) in [4.78, 5) is 2.32. The zero-order valence-corrected chi connectivity index (χ0v) is 8.95. The Labute approximate surface area is 90.3 Å². The van der Waals surface area contributed by atoms with Crippen LogP contribution in [0.1, 0.15) is 11.1 Å². The van der Waals surface area contributed by atoms with E-state index in [1.54, 1.807) is 0 Å². The number of nitrogens with one attached hydrogen (secondary N) is 1. The molecule has 0 spiro atoms. The first-order valence-corrected chi connectivity index (χ1v) is 5.27. The number of nitrogens with zero attached hydrogens (tertiary/aromatic N) is 2. The molecule has 0 unspecified atom stereocenters. The van der Waals surface area contributed by atoms with Crippen LogP contribution in [0.4, 0.5) is 5.69 Å². The fourth-order valence-electron chi connectivity index (χ4n) is 1.85. The van der Waals surface area contributed by atoms with E-state index >= 15 is 0 Å². The van der Waals surface area contributed by atoms with Gasteiger partial charge in [-0.05, 0) is 24.6 Å². The average molecular weight is 201 g/mol. The van der Waals surface area contributed by atoms with Crippen LogP contribution in [0.2, 0.25) is 0 Å². The molecule has 15 heavy (non-hydrogen) atoms. The molecule has 1 heterocycles. The van der Waals surface area contributed by atoms with Gasteiger partial charge in [-0.2, -0.15) is 5.26 Å². The highest BCUT2D eigenvalue weighted by Gasteiger charge is 2.11. The molecule has 1 fully saturated rings. The lowest BCUT2D eigenvalue weighted by Gasteiger charge is -2.29. The van der Waals surface area contributed by atoms with Gasteiger partial charge in [-0.15, -0.1) is 0 Å². The van der Waals surface area contributed by atoms with Gasteiger partial charge in [0, 0.05) is 31.9 Å². The standard InChI is InChI=1S/C12H15N3/c1-10-2-3-12(8-11(10)9-13)15-6-4-14-5-7-15/h2-3,8,14H,4-7H2,1H3. The predicted octanol–water partition coefficient (Wildman–Crippen LogP) is 1.28. The van der Waals surface area contributed by atoms with Gasteiger partial charge in [-0.3, -0.25) is 0 Å². The number of nitriles is 1. The quantitative estimate of drug-likeness (QED) is 0.744. The normalized spacial score (nSPS) is 16.1. The largest absolute Gasteiger partial charge is 0.369 e. The van der Waals surface area contributed by atoms with Crippen molar-refractivity contribution in [3.05, 3.63) is 29.3 Å². The fraction of sp³-hybridized carbons (Fsp3) is 0.417. The van der Waals surface area contributed by atoms with E-state index in [9.17, 15) is 0 Å². The van der Waals surface area contributed by atoms with E-state index in [4.69, 9.17) is 5.26 Å². The van der Waals surface area contributed by atoms with Crippen molar-refractivity contribution in [2.45, 2.75) is 6.92 Å². The number of aryl methyl sites for hydroxylation is 1. The first kappa shape index (κ1) is 10.0. The third kappa shape index (κ3) is 2.11. The monoisotopic (exact) mass is 201 g/mol. The van der Waals surface area contributed by atoms with Gasteiger partial charge >= 0.3 is 0 Å². The van der Waals surface area contributed by atoms with Crippen molar-refractivity contribution in [2.24, 2.45) is 0 Å². The van der Waals surface area contributed by atoms with E-state index in [0.717, 1.165) is 37.3 Å². The zero-order valence-electron chi connectivity index (χ0n) is 8.95. The second-order valence-corrected chi connectivity index (χ2v) is 3.85. The molecule has 0 bridgehead atoms. The summed E-state index contributed by atoms with van der Waals surface area (Å²) >= 11 is 0. The Morgan fingerprint density at radius 3 is 2.73 bits per heavy atom. The highest BCUT2D eigenvalue weighted by atomic mass is 15.2. The molecule has 0 aliphatic carbocycles. The van der Waals surface area contributed by atoms with Crippen LogP contribution in [-0.2, 0) is 0 Å². The highest BCUT2D eigenvalue weighted by Crippen LogP contribution is 2.19. The van der Waals surface area contributed by atoms with E-state index in [1.807, 2.05) is 19.1 Å². The molecule has 2 rings (SSSR count). The predicted molar refractivity (Wildman–Crippen MR) is 61.0 cm³/mol. The Morgan fingerprint density at radius 2 is 2.07 bits per heavy atom. The molecular formula is C12H15N3. The Bertz CT molecular complexity index is 386. The number of piperazine rings is 1. The Hall–Kier alpha value is -1.53. The summed E-state index contributed by atoms with van der Waals surface area (Å²) in [6, 6.07) is 8.34. The van der Waals surface area contributed by atoms with Crippen molar-refractivity contribution in [3.63, 3.8) is 0 Å². The molecule has 1 aliphatic heterocycles. The zero-order chi connectivity index (χ0) is 10.7. The number of anilines is 1. The van der Waals surface area contributed by atoms with E-state index in [1.165, 1.54) is 5.69 Å². The van der Waals surface area contributed by atoms with Crippen molar-refractivity contribution < 1.29 is 0 Å². The van der Waals surface area contributed by atoms with Gasteiger partial charge in [-0.1, -0.05) is 6.07 Å². The minimum atomic E-state index is 0.783. The molecule has 1 N–H and O–H groups in total. The average Bonchev–Trinajstić information content (AvgIpc) is 2.31. The van der Waals surface area contributed by atoms with Crippen molar-refractivity contribution in [3.8, 4) is 6.07 Å². The molecule has 78 valence electrons. The molecule has 0 amide bonds. The second kappa shape index (κ2) is 4.33. The van der Waals surface area contributed by atoms with Gasteiger partial charge < -0.3 is 10.2 Å². The van der Waals surface area contributed by atoms with E-state index in [0.29, 0.717) is 0 Å². The van der Waals surface area contributed by atoms with Crippen molar-refractivity contribution in [1.29, 1.82) is 5.26 Å². The van der Waals surface area contributed by atoms with Crippen molar-refractivity contribution in [2.75, 3.05) is 31.1 Å². The van der Waals surface area contributed by atoms with Crippen molar-refractivity contribution >= 4 is 5.69 Å². The molecular weight excluding hydrogens is 186 g/mol. The second-order valence-electron chi connectivity index (χ2n) is 3.85. The first-order valence-electron chi connectivity index (χ1n) is 5.27. The van der Waals surface area contributed by atoms with Gasteiger partial charge in [0.1, 0.15) is 0 Å². The lowest BCUT2D eigenvalue weighted by molar-refractivity contribution is 0.589. The SMILES string of the molecule is Cc1ccc(N2CCNCC2)cc1C#N. The van der Waals surface area contributed by atoms with Gasteiger partial charge in [0.15, 0.2) is 0 Å². The number of hydrogen-bond donors (Lipinski definition) is 1. The number of hydrogen-bond acceptors (Lipinski definition) is 3. The summed E-state index contributed by atoms with van der Waals surface area (Å²) in [5.74, 6) is 0. The van der Waals surface area contributed by atoms with Crippen molar-refractivity contribution in [1.82, 2.24) is 5.32 Å². The molecule has 0 saturated carbocycles. The highest BCUT2D eigenvalue weighted by molar-refractivity contribution is 5.54. The van der Waals surface area contributed by atoms with Gasteiger partial charge in [0.25, 0.3) is 0 Å². The maximum atomic E-state index is 8.96. The van der Waals surface area contributed by atoms with Crippen LogP contribution in [0.25, 0.3) is 0 Å². The minimum absolute atomic E-state index is 0.783. The lowest BCUT2D eigenvalue weighted by atomic mass is 10.1. The minimum Gasteiger partial charge on any atom is -0.369 e. The molecule has 1 aromatic rings. The summed E-state index contributed by atoms with van der Waals surface area (Å²) < 4.78 is 0. The number of rotatable bonds is 1. The first-order chi connectivity index (χ1) is 7.31. The smallest absolute Gasteiger partial charge is 0.0995 e. The maximum Gasteiger partial charge on any atom is 0.0995 e. The van der Waals surface area contributed by atoms with Crippen LogP contribution in [0, 0.1) is 18.3 Å². The third-order valence-corrected chi connectivity index (χ3v) is 2.82. The summed E-state index contributed by atoms with van der Waals surface area (Å²) in [5.41, 5.74) is 3.00. The van der Waals surface area contributed by atoms with E-state index < -0.39 is 0 Å². The topological polar surface area (TPSA) is 39.1 Å². The Morgan fingerprint density at radius 1 is 1.33 bits per heavy atom. The fourth-order valence-corrected chi connectivity index (χ4v) is 1.85. The molecule has 1 saturated heterocycles. The summed E-state index contributed by atoms with van der Waals surface area (Å²) in [7, 11) is 0. The molecule has 0 aromatic heterocycles. The van der Waals surface area contributed by atoms with E-state index in [-0.39, 0.29) is 0 Å². The molecule has 0 radical (unpaired) electrons. The molecule has 3 heteroatoms. The summed E-state index contributed by atoms with van der Waals surface area (Å²) in [6.07, 6.45) is 0. The summed E-state index contributed by atoms with van der Waals surface area (Å²) in [5, 5.41) is 12.3. The summed E-state index contributed by atoms with van der Waals surface area (Å²) in [6.45, 7) is 6.06. The lowest BCUT2D eigenvalue weighted by Crippen LogP contribution is -2.43. The Kier molecular flexibility index (Phi) is 2.89. The third-order valence-electron chi connectivity index (χ3n) is 2.82. The molecule has 3 nitrogen and oxygen atoms in total. The number of benzene rings is 1. The van der Waals surface area contributed by atoms with Gasteiger partial charge in [-0.25, -0.2) is 0 Å². The molecule has 0 atom stereocenters. The van der Waals surface area contributed by atoms with Crippen LogP contribution in [0.3, 0.4) is 0 Å². The van der Waals surface area contributed by atoms with E-state index in [2.05, 4.69) is 22.4 Å². The molecule has 1 aromatic carbocycles. The van der Waals surface area contributed by atoms with Gasteiger partial charge in [0.2, 0.25) is 0 Å². The van der Waals surface area contributed by atoms with Gasteiger partial charge in [0.05, 0.1) is 11.6 Å². The van der Waals surface area contributed by atoms with Crippen LogP contribution in [0.15, 0.2) is 18.2 Å². The van der Waals surface area contributed by atoms with Crippen LogP contribution in [0.5, 0.6) is 0 Å². The molecule has 1 aliphatic rings. The van der Waals surface area contributed by atoms with Crippen LogP contribution in [-0.4, -0.2) is 26.2 Å². The maximum absolute atomic E-state index is 8.96.